The zero-order valence-corrected chi connectivity index (χ0v) is 12.2. The zero-order valence-electron chi connectivity index (χ0n) is 12.2. The monoisotopic (exact) mass is 285 g/mol. The summed E-state index contributed by atoms with van der Waals surface area (Å²) in [6.45, 7) is 0.460. The van der Waals surface area contributed by atoms with Gasteiger partial charge in [0.2, 0.25) is 0 Å². The minimum atomic E-state index is -0.102. The fourth-order valence-corrected chi connectivity index (χ4v) is 2.16. The molecule has 0 saturated carbocycles. The Morgan fingerprint density at radius 2 is 1.86 bits per heavy atom. The number of hydrazine groups is 1. The molecule has 0 heterocycles. The van der Waals surface area contributed by atoms with Crippen LogP contribution >= 0.6 is 0 Å². The van der Waals surface area contributed by atoms with Gasteiger partial charge in [0.05, 0.1) is 18.4 Å². The van der Waals surface area contributed by atoms with E-state index in [0.29, 0.717) is 17.8 Å². The number of carbonyl (C=O) groups excluding carboxylic acids is 1. The number of carbonyl (C=O) groups is 1. The number of methoxy groups -OCH3 is 1. The molecule has 0 fully saturated rings. The summed E-state index contributed by atoms with van der Waals surface area (Å²) in [6.07, 6.45) is 0. The highest BCUT2D eigenvalue weighted by Crippen LogP contribution is 2.21. The molecular weight excluding hydrogens is 266 g/mol. The topological polar surface area (TPSA) is 67.6 Å². The first-order valence-electron chi connectivity index (χ1n) is 6.60. The van der Waals surface area contributed by atoms with Crippen LogP contribution in [0.25, 0.3) is 0 Å². The number of rotatable bonds is 5. The molecule has 0 radical (unpaired) electrons. The summed E-state index contributed by atoms with van der Waals surface area (Å²) in [5.74, 6) is 6.11. The van der Waals surface area contributed by atoms with E-state index in [9.17, 15) is 4.79 Å². The molecular formula is C16H19N3O2. The van der Waals surface area contributed by atoms with E-state index in [4.69, 9.17) is 10.6 Å². The number of nitrogens with zero attached hydrogens (tertiary/aromatic N) is 1. The number of hydrogen-bond donors (Lipinski definition) is 2. The average molecular weight is 285 g/mol. The molecule has 0 spiro atoms. The molecule has 0 aliphatic carbocycles. The molecule has 2 aromatic rings. The van der Waals surface area contributed by atoms with E-state index >= 15 is 0 Å². The minimum Gasteiger partial charge on any atom is -0.496 e. The SMILES string of the molecule is COc1ccccc1CN(C)C(=O)c1ccccc1NN. The summed E-state index contributed by atoms with van der Waals surface area (Å²) in [5.41, 5.74) is 4.64. The Labute approximate surface area is 124 Å². The lowest BCUT2D eigenvalue weighted by Crippen LogP contribution is -2.27. The second kappa shape index (κ2) is 6.76. The van der Waals surface area contributed by atoms with Gasteiger partial charge in [0.25, 0.3) is 5.91 Å². The van der Waals surface area contributed by atoms with Crippen molar-refractivity contribution in [1.82, 2.24) is 4.90 Å². The lowest BCUT2D eigenvalue weighted by Gasteiger charge is -2.20. The minimum absolute atomic E-state index is 0.102. The van der Waals surface area contributed by atoms with Crippen molar-refractivity contribution in [3.05, 3.63) is 59.7 Å². The van der Waals surface area contributed by atoms with Crippen molar-refractivity contribution in [2.24, 2.45) is 5.84 Å². The largest absolute Gasteiger partial charge is 0.496 e. The number of para-hydroxylation sites is 2. The number of anilines is 1. The predicted molar refractivity (Wildman–Crippen MR) is 83.0 cm³/mol. The number of nitrogen functional groups attached to an aromatic ring is 1. The van der Waals surface area contributed by atoms with Crippen LogP contribution in [0.15, 0.2) is 48.5 Å². The van der Waals surface area contributed by atoms with E-state index in [1.165, 1.54) is 0 Å². The molecule has 0 aliphatic rings. The van der Waals surface area contributed by atoms with Gasteiger partial charge in [-0.25, -0.2) is 0 Å². The van der Waals surface area contributed by atoms with Gasteiger partial charge in [-0.3, -0.25) is 10.6 Å². The maximum absolute atomic E-state index is 12.5. The van der Waals surface area contributed by atoms with E-state index in [2.05, 4.69) is 5.43 Å². The molecule has 0 unspecified atom stereocenters. The zero-order chi connectivity index (χ0) is 15.2. The third-order valence-corrected chi connectivity index (χ3v) is 3.26. The maximum atomic E-state index is 12.5. The molecule has 0 saturated heterocycles. The summed E-state index contributed by atoms with van der Waals surface area (Å²) in [5, 5.41) is 0. The molecule has 0 aliphatic heterocycles. The average Bonchev–Trinajstić information content (AvgIpc) is 2.54. The molecule has 2 rings (SSSR count). The van der Waals surface area contributed by atoms with Gasteiger partial charge < -0.3 is 15.1 Å². The Bertz CT molecular complexity index is 628. The van der Waals surface area contributed by atoms with E-state index in [0.717, 1.165) is 11.3 Å². The Morgan fingerprint density at radius 3 is 2.57 bits per heavy atom. The number of amides is 1. The number of nitrogens with one attached hydrogen (secondary N) is 1. The van der Waals surface area contributed by atoms with Crippen molar-refractivity contribution in [2.75, 3.05) is 19.6 Å². The number of benzene rings is 2. The van der Waals surface area contributed by atoms with Gasteiger partial charge in [0.1, 0.15) is 5.75 Å². The standard InChI is InChI=1S/C16H19N3O2/c1-19(11-12-7-3-6-10-15(12)21-2)16(20)13-8-4-5-9-14(13)18-17/h3-10,18H,11,17H2,1-2H3. The van der Waals surface area contributed by atoms with Crippen LogP contribution in [0.2, 0.25) is 0 Å². The van der Waals surface area contributed by atoms with Crippen LogP contribution in [0.3, 0.4) is 0 Å². The molecule has 0 atom stereocenters. The Balaban J connectivity index is 2.20. The van der Waals surface area contributed by atoms with Gasteiger partial charge in [-0.15, -0.1) is 0 Å². The van der Waals surface area contributed by atoms with Crippen LogP contribution in [-0.4, -0.2) is 25.0 Å². The molecule has 21 heavy (non-hydrogen) atoms. The van der Waals surface area contributed by atoms with Crippen molar-refractivity contribution in [2.45, 2.75) is 6.54 Å². The van der Waals surface area contributed by atoms with E-state index in [-0.39, 0.29) is 5.91 Å². The molecule has 0 bridgehead atoms. The molecule has 5 nitrogen and oxygen atoms in total. The van der Waals surface area contributed by atoms with Crippen molar-refractivity contribution in [3.63, 3.8) is 0 Å². The van der Waals surface area contributed by atoms with Gasteiger partial charge >= 0.3 is 0 Å². The normalized spacial score (nSPS) is 10.0. The number of hydrogen-bond acceptors (Lipinski definition) is 4. The maximum Gasteiger partial charge on any atom is 0.256 e. The third-order valence-electron chi connectivity index (χ3n) is 3.26. The van der Waals surface area contributed by atoms with Crippen molar-refractivity contribution in [1.29, 1.82) is 0 Å². The summed E-state index contributed by atoms with van der Waals surface area (Å²) in [6, 6.07) is 14.8. The number of nitrogens with two attached hydrogens (primary N) is 1. The van der Waals surface area contributed by atoms with Gasteiger partial charge in [-0.05, 0) is 18.2 Å². The van der Waals surface area contributed by atoms with Crippen LogP contribution in [0.4, 0.5) is 5.69 Å². The van der Waals surface area contributed by atoms with E-state index in [1.807, 2.05) is 36.4 Å². The Kier molecular flexibility index (Phi) is 4.79. The molecule has 3 N–H and O–H groups in total. The van der Waals surface area contributed by atoms with Gasteiger partial charge in [-0.1, -0.05) is 30.3 Å². The van der Waals surface area contributed by atoms with E-state index < -0.39 is 0 Å². The lowest BCUT2D eigenvalue weighted by molar-refractivity contribution is 0.0785. The fraction of sp³-hybridized carbons (Fsp3) is 0.188. The van der Waals surface area contributed by atoms with Gasteiger partial charge in [0.15, 0.2) is 0 Å². The van der Waals surface area contributed by atoms with Crippen molar-refractivity contribution in [3.8, 4) is 5.75 Å². The summed E-state index contributed by atoms with van der Waals surface area (Å²) < 4.78 is 5.31. The molecule has 0 aromatic heterocycles. The highest BCUT2D eigenvalue weighted by atomic mass is 16.5. The highest BCUT2D eigenvalue weighted by Gasteiger charge is 2.16. The summed E-state index contributed by atoms with van der Waals surface area (Å²) in [7, 11) is 3.37. The molecule has 110 valence electrons. The van der Waals surface area contributed by atoms with Crippen LogP contribution in [0.1, 0.15) is 15.9 Å². The van der Waals surface area contributed by atoms with Crippen LogP contribution in [0.5, 0.6) is 5.75 Å². The Morgan fingerprint density at radius 1 is 1.19 bits per heavy atom. The second-order valence-electron chi connectivity index (χ2n) is 4.66. The number of ether oxygens (including phenoxy) is 1. The second-order valence-corrected chi connectivity index (χ2v) is 4.66. The van der Waals surface area contributed by atoms with Crippen LogP contribution < -0.4 is 16.0 Å². The molecule has 1 amide bonds. The summed E-state index contributed by atoms with van der Waals surface area (Å²) >= 11 is 0. The van der Waals surface area contributed by atoms with Crippen molar-refractivity contribution >= 4 is 11.6 Å². The first kappa shape index (κ1) is 14.9. The first-order chi connectivity index (χ1) is 10.2. The van der Waals surface area contributed by atoms with E-state index in [1.54, 1.807) is 31.2 Å². The molecule has 5 heteroatoms. The van der Waals surface area contributed by atoms with Crippen LogP contribution in [0, 0.1) is 0 Å². The van der Waals surface area contributed by atoms with Gasteiger partial charge in [-0.2, -0.15) is 0 Å². The highest BCUT2D eigenvalue weighted by molar-refractivity contribution is 5.99. The predicted octanol–water partition coefficient (Wildman–Crippen LogP) is 2.25. The fourth-order valence-electron chi connectivity index (χ4n) is 2.16. The Hall–Kier alpha value is -2.53. The third kappa shape index (κ3) is 3.32. The molecule has 2 aromatic carbocycles. The van der Waals surface area contributed by atoms with Gasteiger partial charge in [0, 0.05) is 19.2 Å². The quantitative estimate of drug-likeness (QED) is 0.653. The first-order valence-corrected chi connectivity index (χ1v) is 6.60. The lowest BCUT2D eigenvalue weighted by atomic mass is 10.1. The van der Waals surface area contributed by atoms with Crippen molar-refractivity contribution < 1.29 is 9.53 Å². The smallest absolute Gasteiger partial charge is 0.256 e. The van der Waals surface area contributed by atoms with Crippen LogP contribution in [-0.2, 0) is 6.54 Å². The summed E-state index contributed by atoms with van der Waals surface area (Å²) in [4.78, 5) is 14.2.